The molecule has 2 N–H and O–H groups in total. The molecule has 0 aliphatic rings. The molecule has 0 fully saturated rings. The summed E-state index contributed by atoms with van der Waals surface area (Å²) in [4.78, 5) is 10.8. The third-order valence-electron chi connectivity index (χ3n) is 1.55. The molecule has 0 spiro atoms. The largest absolute Gasteiger partial charge is 0.366 e. The van der Waals surface area contributed by atoms with E-state index in [2.05, 4.69) is 0 Å². The maximum Gasteiger partial charge on any atom is 0.248 e. The molecule has 1 aromatic rings. The number of rotatable bonds is 2. The molecule has 4 nitrogen and oxygen atoms in total. The third kappa shape index (κ3) is 2.29. The van der Waals surface area contributed by atoms with Crippen LogP contribution in [-0.4, -0.2) is 20.6 Å². The molecule has 0 atom stereocenters. The van der Waals surface area contributed by atoms with Gasteiger partial charge >= 0.3 is 0 Å². The monoisotopic (exact) mass is 199 g/mol. The van der Waals surface area contributed by atoms with Crippen molar-refractivity contribution in [3.05, 3.63) is 29.8 Å². The van der Waals surface area contributed by atoms with Crippen LogP contribution in [-0.2, 0) is 9.84 Å². The van der Waals surface area contributed by atoms with Crippen LogP contribution in [0.25, 0.3) is 0 Å². The predicted octanol–water partition coefficient (Wildman–Crippen LogP) is 0.189. The van der Waals surface area contributed by atoms with E-state index < -0.39 is 15.7 Å². The fourth-order valence-electron chi connectivity index (χ4n) is 0.880. The summed E-state index contributed by atoms with van der Waals surface area (Å²) < 4.78 is 22.1. The number of carbonyl (C=O) groups is 1. The topological polar surface area (TPSA) is 77.2 Å². The van der Waals surface area contributed by atoms with E-state index in [4.69, 9.17) is 5.73 Å². The van der Waals surface area contributed by atoms with Gasteiger partial charge in [0.25, 0.3) is 0 Å². The molecule has 0 aromatic heterocycles. The van der Waals surface area contributed by atoms with E-state index in [1.165, 1.54) is 24.3 Å². The normalized spacial score (nSPS) is 11.2. The Balaban J connectivity index is 3.29. The van der Waals surface area contributed by atoms with Crippen molar-refractivity contribution in [3.63, 3.8) is 0 Å². The van der Waals surface area contributed by atoms with Crippen molar-refractivity contribution in [2.24, 2.45) is 5.73 Å². The Kier molecular flexibility index (Phi) is 2.38. The number of amides is 1. The number of benzene rings is 1. The molecule has 0 saturated heterocycles. The average molecular weight is 199 g/mol. The van der Waals surface area contributed by atoms with Gasteiger partial charge in [0, 0.05) is 11.8 Å². The lowest BCUT2D eigenvalue weighted by Crippen LogP contribution is -2.11. The van der Waals surface area contributed by atoms with Crippen molar-refractivity contribution < 1.29 is 13.2 Å². The van der Waals surface area contributed by atoms with Crippen LogP contribution in [0.5, 0.6) is 0 Å². The standard InChI is InChI=1S/C8H9NO3S/c1-13(11,12)7-4-2-3-6(5-7)8(9)10/h2-5H,1H3,(H2,9,10). The van der Waals surface area contributed by atoms with Crippen molar-refractivity contribution in [3.8, 4) is 0 Å². The molecule has 0 aliphatic carbocycles. The van der Waals surface area contributed by atoms with Crippen LogP contribution in [0.3, 0.4) is 0 Å². The highest BCUT2D eigenvalue weighted by atomic mass is 32.2. The number of sulfone groups is 1. The first-order chi connectivity index (χ1) is 5.91. The minimum atomic E-state index is -3.27. The number of hydrogen-bond acceptors (Lipinski definition) is 3. The molecule has 13 heavy (non-hydrogen) atoms. The van der Waals surface area contributed by atoms with Crippen LogP contribution in [0.1, 0.15) is 10.4 Å². The van der Waals surface area contributed by atoms with Crippen molar-refractivity contribution in [1.29, 1.82) is 0 Å². The summed E-state index contributed by atoms with van der Waals surface area (Å²) in [7, 11) is -3.27. The molecular formula is C8H9NO3S. The van der Waals surface area contributed by atoms with Crippen molar-refractivity contribution in [2.45, 2.75) is 4.90 Å². The predicted molar refractivity (Wildman–Crippen MR) is 48.1 cm³/mol. The molecule has 1 rings (SSSR count). The lowest BCUT2D eigenvalue weighted by molar-refractivity contribution is 0.1000. The smallest absolute Gasteiger partial charge is 0.248 e. The van der Waals surface area contributed by atoms with E-state index in [1.807, 2.05) is 0 Å². The zero-order chi connectivity index (χ0) is 10.1. The second-order valence-corrected chi connectivity index (χ2v) is 4.68. The quantitative estimate of drug-likeness (QED) is 0.738. The van der Waals surface area contributed by atoms with Crippen molar-refractivity contribution in [1.82, 2.24) is 0 Å². The van der Waals surface area contributed by atoms with Crippen molar-refractivity contribution in [2.75, 3.05) is 6.26 Å². The van der Waals surface area contributed by atoms with Gasteiger partial charge in [0.1, 0.15) is 0 Å². The lowest BCUT2D eigenvalue weighted by Gasteiger charge is -1.99. The van der Waals surface area contributed by atoms with Gasteiger partial charge in [-0.3, -0.25) is 4.79 Å². The van der Waals surface area contributed by atoms with Gasteiger partial charge in [-0.25, -0.2) is 8.42 Å². The van der Waals surface area contributed by atoms with E-state index in [0.29, 0.717) is 0 Å². The fraction of sp³-hybridized carbons (Fsp3) is 0.125. The van der Waals surface area contributed by atoms with E-state index in [1.54, 1.807) is 0 Å². The number of primary amides is 1. The minimum Gasteiger partial charge on any atom is -0.366 e. The van der Waals surface area contributed by atoms with Gasteiger partial charge < -0.3 is 5.73 Å². The first-order valence-corrected chi connectivity index (χ1v) is 5.40. The number of carbonyl (C=O) groups excluding carboxylic acids is 1. The zero-order valence-corrected chi connectivity index (χ0v) is 7.84. The van der Waals surface area contributed by atoms with Gasteiger partial charge in [-0.05, 0) is 18.2 Å². The fourth-order valence-corrected chi connectivity index (χ4v) is 1.55. The Hall–Kier alpha value is -1.36. The van der Waals surface area contributed by atoms with Gasteiger partial charge in [0.15, 0.2) is 9.84 Å². The summed E-state index contributed by atoms with van der Waals surface area (Å²) >= 11 is 0. The van der Waals surface area contributed by atoms with Gasteiger partial charge in [0.2, 0.25) is 5.91 Å². The molecule has 1 aromatic carbocycles. The highest BCUT2D eigenvalue weighted by Crippen LogP contribution is 2.10. The summed E-state index contributed by atoms with van der Waals surface area (Å²) in [6.45, 7) is 0. The minimum absolute atomic E-state index is 0.101. The van der Waals surface area contributed by atoms with Crippen LogP contribution in [0.15, 0.2) is 29.2 Å². The molecule has 0 radical (unpaired) electrons. The van der Waals surface area contributed by atoms with Crippen LogP contribution < -0.4 is 5.73 Å². The maximum absolute atomic E-state index is 11.1. The second kappa shape index (κ2) is 3.18. The molecular weight excluding hydrogens is 190 g/mol. The van der Waals surface area contributed by atoms with Crippen molar-refractivity contribution >= 4 is 15.7 Å². The highest BCUT2D eigenvalue weighted by molar-refractivity contribution is 7.90. The highest BCUT2D eigenvalue weighted by Gasteiger charge is 2.08. The average Bonchev–Trinajstić information content (AvgIpc) is 2.03. The molecule has 70 valence electrons. The van der Waals surface area contributed by atoms with Gasteiger partial charge in [-0.15, -0.1) is 0 Å². The first kappa shape index (κ1) is 9.73. The number of hydrogen-bond donors (Lipinski definition) is 1. The Morgan fingerprint density at radius 1 is 1.38 bits per heavy atom. The molecule has 5 heteroatoms. The SMILES string of the molecule is CS(=O)(=O)c1cccc(C(N)=O)c1. The Labute approximate surface area is 76.3 Å². The van der Waals surface area contributed by atoms with E-state index in [0.717, 1.165) is 6.26 Å². The number of nitrogens with two attached hydrogens (primary N) is 1. The summed E-state index contributed by atoms with van der Waals surface area (Å²) in [5, 5.41) is 0. The summed E-state index contributed by atoms with van der Waals surface area (Å²) in [6.07, 6.45) is 1.08. The van der Waals surface area contributed by atoms with Crippen LogP contribution in [0.4, 0.5) is 0 Å². The molecule has 0 saturated carbocycles. The molecule has 0 unspecified atom stereocenters. The first-order valence-electron chi connectivity index (χ1n) is 3.51. The van der Waals surface area contributed by atoms with Gasteiger partial charge in [-0.1, -0.05) is 6.07 Å². The van der Waals surface area contributed by atoms with Gasteiger partial charge in [0.05, 0.1) is 4.90 Å². The Morgan fingerprint density at radius 3 is 2.46 bits per heavy atom. The summed E-state index contributed by atoms with van der Waals surface area (Å²) in [5.41, 5.74) is 5.19. The lowest BCUT2D eigenvalue weighted by atomic mass is 10.2. The Morgan fingerprint density at radius 2 is 2.00 bits per heavy atom. The summed E-state index contributed by atoms with van der Waals surface area (Å²) in [6, 6.07) is 5.63. The van der Waals surface area contributed by atoms with Crippen LogP contribution >= 0.6 is 0 Å². The molecule has 1 amide bonds. The van der Waals surface area contributed by atoms with E-state index in [9.17, 15) is 13.2 Å². The third-order valence-corrected chi connectivity index (χ3v) is 2.66. The maximum atomic E-state index is 11.1. The van der Waals surface area contributed by atoms with Crippen LogP contribution in [0, 0.1) is 0 Å². The Bertz CT molecular complexity index is 436. The summed E-state index contributed by atoms with van der Waals surface area (Å²) in [5.74, 6) is -0.634. The molecule has 0 aliphatic heterocycles. The zero-order valence-electron chi connectivity index (χ0n) is 7.02. The second-order valence-electron chi connectivity index (χ2n) is 2.66. The molecule has 0 bridgehead atoms. The molecule has 0 heterocycles. The van der Waals surface area contributed by atoms with E-state index >= 15 is 0 Å². The van der Waals surface area contributed by atoms with Gasteiger partial charge in [-0.2, -0.15) is 0 Å². The van der Waals surface area contributed by atoms with E-state index in [-0.39, 0.29) is 10.5 Å². The van der Waals surface area contributed by atoms with Crippen LogP contribution in [0.2, 0.25) is 0 Å².